The molecule has 0 radical (unpaired) electrons. The molecule has 0 spiro atoms. The molecule has 0 heterocycles. The molecule has 0 aromatic heterocycles. The average molecular weight is 1390 g/mol. The zero-order chi connectivity index (χ0) is 70.9. The summed E-state index contributed by atoms with van der Waals surface area (Å²) in [4.78, 5) is 58.5. The monoisotopic (exact) mass is 1390 g/mol. The lowest BCUT2D eigenvalue weighted by Crippen LogP contribution is -2.30. The molecule has 0 amide bonds. The first-order chi connectivity index (χ1) is 47.2. The van der Waals surface area contributed by atoms with E-state index in [9.17, 15) is 43.5 Å². The number of esters is 3. The Morgan fingerprint density at radius 3 is 0.835 bits per heavy atom. The molecule has 548 valence electrons. The second kappa shape index (κ2) is 70.5. The Hall–Kier alpha value is -5.35. The molecule has 0 aromatic carbocycles. The fourth-order valence-electron chi connectivity index (χ4n) is 8.71. The van der Waals surface area contributed by atoms with Crippen molar-refractivity contribution in [2.45, 2.75) is 257 Å². The van der Waals surface area contributed by atoms with Gasteiger partial charge in [0.1, 0.15) is 25.4 Å². The van der Waals surface area contributed by atoms with Gasteiger partial charge in [-0.3, -0.25) is 32.5 Å². The number of ether oxygens (including phenoxy) is 3. The second-order valence-electron chi connectivity index (χ2n) is 23.2. The van der Waals surface area contributed by atoms with Gasteiger partial charge in [0.05, 0.1) is 26.4 Å². The van der Waals surface area contributed by atoms with Crippen LogP contribution in [0.3, 0.4) is 0 Å². The van der Waals surface area contributed by atoms with Crippen LogP contribution in [0.15, 0.2) is 182 Å². The van der Waals surface area contributed by atoms with Crippen LogP contribution in [-0.4, -0.2) is 95.9 Å². The molecule has 0 saturated heterocycles. The molecule has 18 heteroatoms. The van der Waals surface area contributed by atoms with Gasteiger partial charge in [0.2, 0.25) is 0 Å². The van der Waals surface area contributed by atoms with E-state index < -0.39 is 91.5 Å². The molecule has 0 rings (SSSR count). The van der Waals surface area contributed by atoms with E-state index in [1.54, 1.807) is 0 Å². The second-order valence-corrected chi connectivity index (χ2v) is 26.1. The van der Waals surface area contributed by atoms with Crippen LogP contribution in [0.1, 0.15) is 239 Å². The number of aliphatic hydroxyl groups excluding tert-OH is 2. The summed E-state index contributed by atoms with van der Waals surface area (Å²) in [7, 11) is -9.82. The minimum atomic E-state index is -4.95. The highest BCUT2D eigenvalue weighted by molar-refractivity contribution is 7.47. The van der Waals surface area contributed by atoms with Crippen LogP contribution in [0.4, 0.5) is 0 Å². The van der Waals surface area contributed by atoms with E-state index in [-0.39, 0.29) is 19.3 Å². The van der Waals surface area contributed by atoms with Gasteiger partial charge in [-0.2, -0.15) is 0 Å². The molecular formula is C79H126O16P2. The van der Waals surface area contributed by atoms with Crippen molar-refractivity contribution in [1.82, 2.24) is 0 Å². The van der Waals surface area contributed by atoms with Crippen molar-refractivity contribution < 1.29 is 75.8 Å². The van der Waals surface area contributed by atoms with E-state index in [1.807, 2.05) is 0 Å². The quantitative estimate of drug-likeness (QED) is 0.0146. The summed E-state index contributed by atoms with van der Waals surface area (Å²) in [5.41, 5.74) is 0. The van der Waals surface area contributed by atoms with E-state index >= 15 is 0 Å². The van der Waals surface area contributed by atoms with E-state index in [2.05, 4.69) is 203 Å². The van der Waals surface area contributed by atoms with Crippen molar-refractivity contribution in [3.63, 3.8) is 0 Å². The van der Waals surface area contributed by atoms with Gasteiger partial charge in [-0.1, -0.05) is 248 Å². The normalized spacial score (nSPS) is 15.2. The number of carbonyl (C=O) groups excluding carboxylic acids is 3. The molecule has 0 aromatic rings. The number of unbranched alkanes of at least 4 members (excludes halogenated alkanes) is 13. The third-order valence-corrected chi connectivity index (χ3v) is 16.0. The minimum Gasteiger partial charge on any atom is -0.463 e. The van der Waals surface area contributed by atoms with Crippen molar-refractivity contribution >= 4 is 33.6 Å². The summed E-state index contributed by atoms with van der Waals surface area (Å²) in [5, 5.41) is 20.6. The van der Waals surface area contributed by atoms with Crippen LogP contribution < -0.4 is 0 Å². The Labute approximate surface area is 585 Å². The SMILES string of the molecule is CC/C=C\C/C=C\C/C=C\C/C=C\C/C=C\C/C=C\CCCCCCC(=O)OCC(O)COP(=O)(O)OCC(O)COP(=O)(O)OCC(COC(=O)CCCC/C=C\C/C=C\C/C=C\C/C=C\C/C=C\C/C=C\CC)OC(=O)CCCCCCCCC/C=C\C/C=C\C/C=C\CC. The highest BCUT2D eigenvalue weighted by Crippen LogP contribution is 2.45. The van der Waals surface area contributed by atoms with Crippen LogP contribution in [0.25, 0.3) is 0 Å². The van der Waals surface area contributed by atoms with Gasteiger partial charge < -0.3 is 34.2 Å². The number of rotatable bonds is 66. The van der Waals surface area contributed by atoms with Gasteiger partial charge >= 0.3 is 33.6 Å². The third-order valence-electron chi connectivity index (χ3n) is 14.1. The number of allylic oxidation sites excluding steroid dienone is 30. The van der Waals surface area contributed by atoms with Crippen LogP contribution in [0, 0.1) is 0 Å². The first-order valence-corrected chi connectivity index (χ1v) is 39.1. The first-order valence-electron chi connectivity index (χ1n) is 36.1. The van der Waals surface area contributed by atoms with E-state index in [0.29, 0.717) is 19.3 Å². The van der Waals surface area contributed by atoms with Crippen molar-refractivity contribution in [3.05, 3.63) is 182 Å². The summed E-state index contributed by atoms with van der Waals surface area (Å²) < 4.78 is 60.9. The molecule has 0 fully saturated rings. The lowest BCUT2D eigenvalue weighted by Gasteiger charge is -2.21. The number of aliphatic hydroxyl groups is 2. The molecule has 0 aliphatic carbocycles. The lowest BCUT2D eigenvalue weighted by molar-refractivity contribution is -0.161. The lowest BCUT2D eigenvalue weighted by atomic mass is 10.1. The Morgan fingerprint density at radius 2 is 0.515 bits per heavy atom. The van der Waals surface area contributed by atoms with Gasteiger partial charge in [0.15, 0.2) is 6.10 Å². The van der Waals surface area contributed by atoms with Crippen LogP contribution in [0.5, 0.6) is 0 Å². The zero-order valence-corrected chi connectivity index (χ0v) is 61.2. The van der Waals surface area contributed by atoms with Gasteiger partial charge in [-0.15, -0.1) is 0 Å². The molecule has 5 atom stereocenters. The predicted octanol–water partition coefficient (Wildman–Crippen LogP) is 20.6. The summed E-state index contributed by atoms with van der Waals surface area (Å²) in [6, 6.07) is 0. The van der Waals surface area contributed by atoms with Gasteiger partial charge in [-0.25, -0.2) is 9.13 Å². The highest BCUT2D eigenvalue weighted by Gasteiger charge is 2.29. The van der Waals surface area contributed by atoms with Crippen LogP contribution in [0.2, 0.25) is 0 Å². The molecule has 16 nitrogen and oxygen atoms in total. The van der Waals surface area contributed by atoms with E-state index in [4.69, 9.17) is 32.3 Å². The summed E-state index contributed by atoms with van der Waals surface area (Å²) >= 11 is 0. The van der Waals surface area contributed by atoms with Crippen molar-refractivity contribution in [1.29, 1.82) is 0 Å². The fourth-order valence-corrected chi connectivity index (χ4v) is 10.3. The molecular weight excluding hydrogens is 1270 g/mol. The molecule has 5 unspecified atom stereocenters. The minimum absolute atomic E-state index is 0.0750. The third kappa shape index (κ3) is 71.7. The fraction of sp³-hybridized carbons (Fsp3) is 0.582. The summed E-state index contributed by atoms with van der Waals surface area (Å²) in [6.45, 7) is 2.21. The number of hydrogen-bond acceptors (Lipinski definition) is 14. The summed E-state index contributed by atoms with van der Waals surface area (Å²) in [6.07, 6.45) is 89.3. The Morgan fingerprint density at radius 1 is 0.289 bits per heavy atom. The molecule has 0 aliphatic heterocycles. The van der Waals surface area contributed by atoms with E-state index in [0.717, 1.165) is 180 Å². The summed E-state index contributed by atoms with van der Waals surface area (Å²) in [5.74, 6) is -1.68. The van der Waals surface area contributed by atoms with Crippen LogP contribution in [-0.2, 0) is 55.8 Å². The van der Waals surface area contributed by atoms with Gasteiger partial charge in [0, 0.05) is 19.3 Å². The maximum atomic E-state index is 13.0. The molecule has 97 heavy (non-hydrogen) atoms. The smallest absolute Gasteiger partial charge is 0.463 e. The van der Waals surface area contributed by atoms with Crippen molar-refractivity contribution in [2.24, 2.45) is 0 Å². The highest BCUT2D eigenvalue weighted by atomic mass is 31.2. The van der Waals surface area contributed by atoms with Crippen LogP contribution >= 0.6 is 15.6 Å². The largest absolute Gasteiger partial charge is 0.472 e. The zero-order valence-electron chi connectivity index (χ0n) is 59.4. The van der Waals surface area contributed by atoms with E-state index in [1.165, 1.54) is 0 Å². The molecule has 0 aliphatic rings. The number of carbonyl (C=O) groups is 3. The Bertz CT molecular complexity index is 2490. The topological polar surface area (TPSA) is 231 Å². The average Bonchev–Trinajstić information content (AvgIpc) is 3.63. The maximum absolute atomic E-state index is 13.0. The number of phosphoric ester groups is 2. The molecule has 4 N–H and O–H groups in total. The standard InChI is InChI=1S/C79H126O16P2/c1-4-7-10-13-16-19-22-25-28-31-33-35-36-38-40-42-44-47-50-53-56-59-62-65-77(82)89-68-74(80)69-91-96(85,86)92-70-75(81)71-93-97(87,88)94-73-76(95-79(84)67-64-61-58-55-52-49-46-41-30-27-24-21-18-15-12-9-6-3)72-90-78(83)66-63-60-57-54-51-48-45-43-39-37-34-32-29-26-23-20-17-14-11-8-5-2/h7-12,16-21,25-30,33-35,37-38,40,43-45,47,51,54,74-76,80-81H,4-6,13-15,22-24,31-32,36,39,41-42,46,48-50,52-53,55-73H2,1-3H3,(H,85,86)(H,87,88)/b10-7-,11-8-,12-9-,19-16-,20-17-,21-18-,28-25-,29-26-,30-27-,35-33-,37-34-,40-38-,45-43-,47-44-,54-51-. The molecule has 0 saturated carbocycles. The predicted molar refractivity (Wildman–Crippen MR) is 398 cm³/mol. The number of hydrogen-bond donors (Lipinski definition) is 4. The molecule has 0 bridgehead atoms. The van der Waals surface area contributed by atoms with Crippen molar-refractivity contribution in [2.75, 3.05) is 39.6 Å². The maximum Gasteiger partial charge on any atom is 0.472 e. The first kappa shape index (κ1) is 91.6. The Kier molecular flexibility index (Phi) is 66.6. The number of phosphoric acid groups is 2. The van der Waals surface area contributed by atoms with Gasteiger partial charge in [-0.05, 0) is 154 Å². The Balaban J connectivity index is 4.77. The van der Waals surface area contributed by atoms with Gasteiger partial charge in [0.25, 0.3) is 0 Å². The van der Waals surface area contributed by atoms with Crippen molar-refractivity contribution in [3.8, 4) is 0 Å².